The fourth-order valence-electron chi connectivity index (χ4n) is 1.89. The molecule has 16 heavy (non-hydrogen) atoms. The molecule has 0 amide bonds. The fraction of sp³-hybridized carbons (Fsp3) is 0.636. The van der Waals surface area contributed by atoms with Crippen LogP contribution in [0.3, 0.4) is 0 Å². The summed E-state index contributed by atoms with van der Waals surface area (Å²) in [5.41, 5.74) is 1.01. The normalized spacial score (nSPS) is 20.1. The van der Waals surface area contributed by atoms with Gasteiger partial charge in [0.05, 0.1) is 5.69 Å². The Hall–Kier alpha value is -0.710. The van der Waals surface area contributed by atoms with E-state index in [0.29, 0.717) is 6.04 Å². The van der Waals surface area contributed by atoms with Crippen LogP contribution in [0.2, 0.25) is 0 Å². The first-order valence-corrected chi connectivity index (χ1v) is 5.64. The molecule has 1 unspecified atom stereocenters. The van der Waals surface area contributed by atoms with Crippen LogP contribution in [-0.2, 0) is 6.54 Å². The Labute approximate surface area is 103 Å². The number of rotatable bonds is 4. The van der Waals surface area contributed by atoms with Crippen molar-refractivity contribution in [3.8, 4) is 0 Å². The summed E-state index contributed by atoms with van der Waals surface area (Å²) in [5.74, 6) is 0. The van der Waals surface area contributed by atoms with Gasteiger partial charge in [0.15, 0.2) is 0 Å². The number of hydrogen-bond acceptors (Lipinski definition) is 4. The second kappa shape index (κ2) is 7.54. The lowest BCUT2D eigenvalue weighted by Crippen LogP contribution is -2.41. The summed E-state index contributed by atoms with van der Waals surface area (Å²) in [6.07, 6.45) is 9.20. The highest BCUT2D eigenvalue weighted by Crippen LogP contribution is 2.05. The van der Waals surface area contributed by atoms with Crippen molar-refractivity contribution in [2.75, 3.05) is 13.1 Å². The van der Waals surface area contributed by atoms with Gasteiger partial charge in [-0.25, -0.2) is 0 Å². The van der Waals surface area contributed by atoms with E-state index in [1.165, 1.54) is 19.3 Å². The first-order valence-electron chi connectivity index (χ1n) is 5.64. The van der Waals surface area contributed by atoms with Gasteiger partial charge in [0, 0.05) is 37.7 Å². The maximum absolute atomic E-state index is 4.22. The van der Waals surface area contributed by atoms with Crippen molar-refractivity contribution < 1.29 is 0 Å². The SMILES string of the molecule is Cl.c1cnc(CNCC2CCCCN2)cn1. The largest absolute Gasteiger partial charge is 0.313 e. The summed E-state index contributed by atoms with van der Waals surface area (Å²) in [5, 5.41) is 6.91. The van der Waals surface area contributed by atoms with Gasteiger partial charge in [0.2, 0.25) is 0 Å². The number of nitrogens with zero attached hydrogens (tertiary/aromatic N) is 2. The minimum atomic E-state index is 0. The van der Waals surface area contributed by atoms with Crippen LogP contribution in [0.4, 0.5) is 0 Å². The van der Waals surface area contributed by atoms with Gasteiger partial charge in [-0.3, -0.25) is 9.97 Å². The third-order valence-electron chi connectivity index (χ3n) is 2.73. The van der Waals surface area contributed by atoms with Gasteiger partial charge in [-0.15, -0.1) is 12.4 Å². The third-order valence-corrected chi connectivity index (χ3v) is 2.73. The highest BCUT2D eigenvalue weighted by atomic mass is 35.5. The molecule has 0 bridgehead atoms. The molecule has 1 aromatic heterocycles. The molecule has 2 heterocycles. The van der Waals surface area contributed by atoms with Gasteiger partial charge in [-0.1, -0.05) is 6.42 Å². The van der Waals surface area contributed by atoms with Crippen molar-refractivity contribution in [2.45, 2.75) is 31.8 Å². The number of hydrogen-bond donors (Lipinski definition) is 2. The van der Waals surface area contributed by atoms with Gasteiger partial charge in [-0.05, 0) is 19.4 Å². The zero-order valence-corrected chi connectivity index (χ0v) is 10.2. The van der Waals surface area contributed by atoms with Gasteiger partial charge in [0.25, 0.3) is 0 Å². The highest BCUT2D eigenvalue weighted by molar-refractivity contribution is 5.85. The number of aromatic nitrogens is 2. The molecule has 0 aliphatic carbocycles. The molecule has 2 rings (SSSR count). The first kappa shape index (κ1) is 13.4. The summed E-state index contributed by atoms with van der Waals surface area (Å²) in [6.45, 7) is 3.00. The maximum atomic E-state index is 4.22. The summed E-state index contributed by atoms with van der Waals surface area (Å²) in [6, 6.07) is 0.635. The Bertz CT molecular complexity index is 275. The molecule has 0 aromatic carbocycles. The predicted molar refractivity (Wildman–Crippen MR) is 66.6 cm³/mol. The second-order valence-electron chi connectivity index (χ2n) is 3.97. The first-order chi connectivity index (χ1) is 7.45. The summed E-state index contributed by atoms with van der Waals surface area (Å²) in [4.78, 5) is 8.25. The lowest BCUT2D eigenvalue weighted by molar-refractivity contribution is 0.382. The van der Waals surface area contributed by atoms with E-state index in [-0.39, 0.29) is 12.4 Å². The molecule has 2 N–H and O–H groups in total. The van der Waals surface area contributed by atoms with Crippen molar-refractivity contribution in [1.82, 2.24) is 20.6 Å². The van der Waals surface area contributed by atoms with Crippen LogP contribution in [-0.4, -0.2) is 29.1 Å². The van der Waals surface area contributed by atoms with Crippen molar-refractivity contribution in [3.63, 3.8) is 0 Å². The lowest BCUT2D eigenvalue weighted by atomic mass is 10.1. The van der Waals surface area contributed by atoms with E-state index in [4.69, 9.17) is 0 Å². The quantitative estimate of drug-likeness (QED) is 0.831. The Balaban J connectivity index is 0.00000128. The molecule has 5 heteroatoms. The Morgan fingerprint density at radius 2 is 2.31 bits per heavy atom. The van der Waals surface area contributed by atoms with E-state index >= 15 is 0 Å². The third kappa shape index (κ3) is 4.43. The molecule has 90 valence electrons. The van der Waals surface area contributed by atoms with Crippen LogP contribution in [0.5, 0.6) is 0 Å². The van der Waals surface area contributed by atoms with E-state index in [1.807, 2.05) is 0 Å². The molecule has 0 saturated carbocycles. The summed E-state index contributed by atoms with van der Waals surface area (Å²) in [7, 11) is 0. The predicted octanol–water partition coefficient (Wildman–Crippen LogP) is 1.13. The van der Waals surface area contributed by atoms with E-state index in [1.54, 1.807) is 18.6 Å². The molecular weight excluding hydrogens is 224 g/mol. The summed E-state index contributed by atoms with van der Waals surface area (Å²) < 4.78 is 0. The van der Waals surface area contributed by atoms with Crippen molar-refractivity contribution in [1.29, 1.82) is 0 Å². The van der Waals surface area contributed by atoms with Crippen LogP contribution >= 0.6 is 12.4 Å². The highest BCUT2D eigenvalue weighted by Gasteiger charge is 2.11. The van der Waals surface area contributed by atoms with Gasteiger partial charge in [-0.2, -0.15) is 0 Å². The maximum Gasteiger partial charge on any atom is 0.0724 e. The molecule has 1 aromatic rings. The minimum Gasteiger partial charge on any atom is -0.313 e. The molecular formula is C11H19ClN4. The zero-order chi connectivity index (χ0) is 10.3. The van der Waals surface area contributed by atoms with E-state index in [2.05, 4.69) is 20.6 Å². The minimum absolute atomic E-state index is 0. The molecule has 1 fully saturated rings. The van der Waals surface area contributed by atoms with Crippen LogP contribution in [0.25, 0.3) is 0 Å². The number of piperidine rings is 1. The van der Waals surface area contributed by atoms with Crippen molar-refractivity contribution >= 4 is 12.4 Å². The molecule has 1 aliphatic heterocycles. The van der Waals surface area contributed by atoms with Crippen LogP contribution in [0.15, 0.2) is 18.6 Å². The Morgan fingerprint density at radius 3 is 3.00 bits per heavy atom. The second-order valence-corrected chi connectivity index (χ2v) is 3.97. The Morgan fingerprint density at radius 1 is 1.38 bits per heavy atom. The number of nitrogens with one attached hydrogen (secondary N) is 2. The van der Waals surface area contributed by atoms with Crippen LogP contribution < -0.4 is 10.6 Å². The van der Waals surface area contributed by atoms with Crippen molar-refractivity contribution in [3.05, 3.63) is 24.3 Å². The fourth-order valence-corrected chi connectivity index (χ4v) is 1.89. The molecule has 1 aliphatic rings. The van der Waals surface area contributed by atoms with Gasteiger partial charge < -0.3 is 10.6 Å². The van der Waals surface area contributed by atoms with Gasteiger partial charge in [0.1, 0.15) is 0 Å². The smallest absolute Gasteiger partial charge is 0.0724 e. The molecule has 0 radical (unpaired) electrons. The topological polar surface area (TPSA) is 49.8 Å². The zero-order valence-electron chi connectivity index (χ0n) is 9.35. The average molecular weight is 243 g/mol. The molecule has 1 atom stereocenters. The van der Waals surface area contributed by atoms with E-state index in [9.17, 15) is 0 Å². The summed E-state index contributed by atoms with van der Waals surface area (Å²) >= 11 is 0. The molecule has 4 nitrogen and oxygen atoms in total. The standard InChI is InChI=1S/C11H18N4.ClH/c1-2-4-14-10(3-1)7-13-9-11-8-12-5-6-15-11;/h5-6,8,10,13-14H,1-4,7,9H2;1H. The molecule has 0 spiro atoms. The van der Waals surface area contributed by atoms with E-state index < -0.39 is 0 Å². The van der Waals surface area contributed by atoms with Gasteiger partial charge >= 0.3 is 0 Å². The molecule has 1 saturated heterocycles. The lowest BCUT2D eigenvalue weighted by Gasteiger charge is -2.23. The van der Waals surface area contributed by atoms with Crippen molar-refractivity contribution in [2.24, 2.45) is 0 Å². The van der Waals surface area contributed by atoms with E-state index in [0.717, 1.165) is 25.3 Å². The number of halogens is 1. The average Bonchev–Trinajstić information content (AvgIpc) is 2.32. The Kier molecular flexibility index (Phi) is 6.30. The van der Waals surface area contributed by atoms with Crippen LogP contribution in [0, 0.1) is 0 Å². The van der Waals surface area contributed by atoms with Crippen LogP contribution in [0.1, 0.15) is 25.0 Å². The monoisotopic (exact) mass is 242 g/mol.